The lowest BCUT2D eigenvalue weighted by Gasteiger charge is -2.26. The van der Waals surface area contributed by atoms with Gasteiger partial charge in [-0.05, 0) is 73.9 Å². The van der Waals surface area contributed by atoms with E-state index in [0.717, 1.165) is 5.56 Å². The van der Waals surface area contributed by atoms with Crippen molar-refractivity contribution in [2.45, 2.75) is 26.8 Å². The van der Waals surface area contributed by atoms with E-state index in [0.29, 0.717) is 55.5 Å². The summed E-state index contributed by atoms with van der Waals surface area (Å²) in [4.78, 5) is 44.0. The van der Waals surface area contributed by atoms with Crippen LogP contribution >= 0.6 is 11.3 Å². The molecule has 5 rings (SSSR count). The van der Waals surface area contributed by atoms with Crippen molar-refractivity contribution in [2.75, 3.05) is 25.6 Å². The Bertz CT molecular complexity index is 1940. The highest BCUT2D eigenvalue weighted by Gasteiger charge is 2.33. The number of carbonyl (C=O) groups excluding carboxylic acids is 1. The number of allylic oxidation sites excluding steroid dienone is 1. The van der Waals surface area contributed by atoms with Gasteiger partial charge in [0.05, 0.1) is 35.6 Å². The second-order valence-corrected chi connectivity index (χ2v) is 11.0. The Kier molecular flexibility index (Phi) is 8.96. The van der Waals surface area contributed by atoms with Gasteiger partial charge in [-0.1, -0.05) is 47.7 Å². The van der Waals surface area contributed by atoms with E-state index in [1.807, 2.05) is 43.3 Å². The van der Waals surface area contributed by atoms with E-state index in [1.54, 1.807) is 61.9 Å². The number of rotatable bonds is 10. The van der Waals surface area contributed by atoms with Crippen LogP contribution in [0, 0.1) is 6.92 Å². The Morgan fingerprint density at radius 2 is 1.80 bits per heavy atom. The van der Waals surface area contributed by atoms with Crippen LogP contribution in [0.15, 0.2) is 87.8 Å². The summed E-state index contributed by atoms with van der Waals surface area (Å²) in [6, 6.07) is 19.0. The minimum absolute atomic E-state index is 0.283. The Balaban J connectivity index is 1.64. The van der Waals surface area contributed by atoms with Crippen molar-refractivity contribution in [1.82, 2.24) is 4.57 Å². The van der Waals surface area contributed by atoms with Gasteiger partial charge >= 0.3 is 5.97 Å². The number of ether oxygens (including phenoxy) is 3. The molecule has 1 aliphatic heterocycles. The second kappa shape index (κ2) is 13.0. The lowest BCUT2D eigenvalue weighted by atomic mass is 9.94. The normalized spacial score (nSPS) is 14.5. The molecule has 0 spiro atoms. The van der Waals surface area contributed by atoms with Gasteiger partial charge in [0.2, 0.25) is 0 Å². The van der Waals surface area contributed by atoms with E-state index in [1.165, 1.54) is 11.3 Å². The number of anilines is 1. The van der Waals surface area contributed by atoms with Gasteiger partial charge in [-0.25, -0.2) is 9.79 Å². The molecule has 1 aromatic heterocycles. The summed E-state index contributed by atoms with van der Waals surface area (Å²) in [7, 11) is 1.58. The van der Waals surface area contributed by atoms with Crippen LogP contribution in [0.1, 0.15) is 36.6 Å². The minimum atomic E-state index is -1.11. The van der Waals surface area contributed by atoms with Crippen molar-refractivity contribution in [3.05, 3.63) is 114 Å². The maximum absolute atomic E-state index is 14.1. The van der Waals surface area contributed by atoms with Crippen LogP contribution in [0.25, 0.3) is 6.08 Å². The maximum atomic E-state index is 14.1. The quantitative estimate of drug-likeness (QED) is 0.276. The summed E-state index contributed by atoms with van der Waals surface area (Å²) >= 11 is 1.21. The molecule has 2 heterocycles. The molecule has 0 aliphatic carbocycles. The summed E-state index contributed by atoms with van der Waals surface area (Å²) in [6.07, 6.45) is 1.71. The third kappa shape index (κ3) is 6.28. The molecule has 4 aromatic rings. The largest absolute Gasteiger partial charge is 0.496 e. The van der Waals surface area contributed by atoms with Crippen molar-refractivity contribution in [3.63, 3.8) is 0 Å². The molecule has 1 atom stereocenters. The van der Waals surface area contributed by atoms with E-state index in [9.17, 15) is 14.4 Å². The molecular formula is C33H31N3O7S. The number of carboxylic acid groups (broad SMARTS) is 1. The van der Waals surface area contributed by atoms with E-state index >= 15 is 0 Å². The first-order chi connectivity index (χ1) is 21.2. The number of fused-ring (bicyclic) bond motifs is 1. The standard InChI is InChI=1S/C33H31N3O7S/c1-5-42-26-15-21(12-14-24(26)43-18-28(37)38)16-27-32(40)36-30(22-13-11-19(2)25(17-22)41-4)29(20(3)34-33(36)44-27)31(39)35-23-9-7-6-8-10-23/h6-17,30H,5,18H2,1-4H3,(H,35,39)(H,37,38). The monoisotopic (exact) mass is 613 g/mol. The third-order valence-corrected chi connectivity index (χ3v) is 7.95. The van der Waals surface area contributed by atoms with Gasteiger partial charge in [-0.3, -0.25) is 14.2 Å². The molecule has 2 N–H and O–H groups in total. The predicted molar refractivity (Wildman–Crippen MR) is 167 cm³/mol. The number of methoxy groups -OCH3 is 1. The number of thiazole rings is 1. The van der Waals surface area contributed by atoms with Crippen LogP contribution in [0.3, 0.4) is 0 Å². The second-order valence-electron chi connectivity index (χ2n) is 9.95. The number of benzene rings is 3. The number of nitrogens with zero attached hydrogens (tertiary/aromatic N) is 2. The number of carbonyl (C=O) groups is 2. The molecule has 0 saturated carbocycles. The van der Waals surface area contributed by atoms with Crippen molar-refractivity contribution < 1.29 is 28.9 Å². The van der Waals surface area contributed by atoms with Crippen LogP contribution in [0.2, 0.25) is 0 Å². The third-order valence-electron chi connectivity index (χ3n) is 6.96. The average molecular weight is 614 g/mol. The first-order valence-electron chi connectivity index (χ1n) is 13.8. The zero-order chi connectivity index (χ0) is 31.4. The molecular weight excluding hydrogens is 582 g/mol. The number of para-hydroxylation sites is 1. The zero-order valence-corrected chi connectivity index (χ0v) is 25.4. The highest BCUT2D eigenvalue weighted by molar-refractivity contribution is 7.07. The van der Waals surface area contributed by atoms with Gasteiger partial charge in [-0.15, -0.1) is 0 Å². The smallest absolute Gasteiger partial charge is 0.341 e. The number of amides is 1. The van der Waals surface area contributed by atoms with Gasteiger partial charge in [0.15, 0.2) is 22.9 Å². The number of aliphatic carboxylic acids is 1. The van der Waals surface area contributed by atoms with Crippen LogP contribution in [-0.2, 0) is 9.59 Å². The van der Waals surface area contributed by atoms with Crippen molar-refractivity contribution in [3.8, 4) is 17.2 Å². The number of hydrogen-bond donors (Lipinski definition) is 2. The maximum Gasteiger partial charge on any atom is 0.341 e. The van der Waals surface area contributed by atoms with E-state index in [-0.39, 0.29) is 17.2 Å². The number of hydrogen-bond acceptors (Lipinski definition) is 8. The Morgan fingerprint density at radius 1 is 1.02 bits per heavy atom. The summed E-state index contributed by atoms with van der Waals surface area (Å²) in [5.74, 6) is -0.197. The summed E-state index contributed by atoms with van der Waals surface area (Å²) in [5.41, 5.74) is 3.40. The van der Waals surface area contributed by atoms with E-state index in [4.69, 9.17) is 24.3 Å². The van der Waals surface area contributed by atoms with Gasteiger partial charge in [0.1, 0.15) is 5.75 Å². The lowest BCUT2D eigenvalue weighted by Crippen LogP contribution is -2.40. The molecule has 226 valence electrons. The molecule has 1 unspecified atom stereocenters. The fourth-order valence-electron chi connectivity index (χ4n) is 4.95. The lowest BCUT2D eigenvalue weighted by molar-refractivity contribution is -0.139. The molecule has 3 aromatic carbocycles. The Morgan fingerprint density at radius 3 is 2.50 bits per heavy atom. The van der Waals surface area contributed by atoms with Gasteiger partial charge < -0.3 is 24.6 Å². The highest BCUT2D eigenvalue weighted by Crippen LogP contribution is 2.34. The molecule has 0 radical (unpaired) electrons. The van der Waals surface area contributed by atoms with Gasteiger partial charge in [0.25, 0.3) is 11.5 Å². The van der Waals surface area contributed by atoms with Crippen LogP contribution in [-0.4, -0.2) is 41.9 Å². The van der Waals surface area contributed by atoms with Crippen LogP contribution < -0.4 is 34.4 Å². The molecule has 11 heteroatoms. The highest BCUT2D eigenvalue weighted by atomic mass is 32.1. The molecule has 44 heavy (non-hydrogen) atoms. The fraction of sp³-hybridized carbons (Fsp3) is 0.212. The van der Waals surface area contributed by atoms with Crippen molar-refractivity contribution in [2.24, 2.45) is 4.99 Å². The Labute approximate surface area is 257 Å². The number of carboxylic acids is 1. The number of aryl methyl sites for hydroxylation is 1. The molecule has 0 saturated heterocycles. The first-order valence-corrected chi connectivity index (χ1v) is 14.7. The molecule has 10 nitrogen and oxygen atoms in total. The molecule has 1 amide bonds. The molecule has 0 fully saturated rings. The van der Waals surface area contributed by atoms with E-state index in [2.05, 4.69) is 5.32 Å². The van der Waals surface area contributed by atoms with Crippen molar-refractivity contribution in [1.29, 1.82) is 0 Å². The van der Waals surface area contributed by atoms with Crippen LogP contribution in [0.4, 0.5) is 5.69 Å². The number of aromatic nitrogens is 1. The van der Waals surface area contributed by atoms with Gasteiger partial charge in [0, 0.05) is 5.69 Å². The first kappa shape index (κ1) is 30.3. The van der Waals surface area contributed by atoms with E-state index < -0.39 is 18.6 Å². The number of nitrogens with one attached hydrogen (secondary N) is 1. The average Bonchev–Trinajstić information content (AvgIpc) is 3.30. The SMILES string of the molecule is CCOc1cc(C=c2sc3n(c2=O)C(c2ccc(C)c(OC)c2)C(C(=O)Nc2ccccc2)=C(C)N=3)ccc1OCC(=O)O. The predicted octanol–water partition coefficient (Wildman–Crippen LogP) is 4.05. The Hall–Kier alpha value is -5.16. The summed E-state index contributed by atoms with van der Waals surface area (Å²) in [5, 5.41) is 11.9. The zero-order valence-electron chi connectivity index (χ0n) is 24.6. The van der Waals surface area contributed by atoms with Gasteiger partial charge in [-0.2, -0.15) is 0 Å². The fourth-order valence-corrected chi connectivity index (χ4v) is 5.99. The van der Waals surface area contributed by atoms with Crippen molar-refractivity contribution >= 4 is 35.0 Å². The van der Waals surface area contributed by atoms with Crippen LogP contribution in [0.5, 0.6) is 17.2 Å². The molecule has 0 bridgehead atoms. The summed E-state index contributed by atoms with van der Waals surface area (Å²) in [6.45, 7) is 5.31. The summed E-state index contributed by atoms with van der Waals surface area (Å²) < 4.78 is 18.5. The minimum Gasteiger partial charge on any atom is -0.496 e. The topological polar surface area (TPSA) is 128 Å². The molecule has 1 aliphatic rings.